The van der Waals surface area contributed by atoms with Gasteiger partial charge in [0.2, 0.25) is 4.33 Å². The molecule has 1 amide bonds. The number of halogens is 4. The molecule has 1 aliphatic heterocycles. The number of amides is 1. The summed E-state index contributed by atoms with van der Waals surface area (Å²) in [5.41, 5.74) is 0.560. The molecule has 0 bridgehead atoms. The molecule has 0 aliphatic carbocycles. The molecule has 1 aromatic rings. The van der Waals surface area contributed by atoms with Gasteiger partial charge in [0.15, 0.2) is 0 Å². The average Bonchev–Trinajstić information content (AvgIpc) is 2.43. The van der Waals surface area contributed by atoms with Crippen LogP contribution in [0, 0.1) is 0 Å². The zero-order chi connectivity index (χ0) is 12.8. The van der Waals surface area contributed by atoms with E-state index < -0.39 is 10.2 Å². The Hall–Kier alpha value is -0.480. The van der Waals surface area contributed by atoms with Crippen LogP contribution in [0.2, 0.25) is 10.0 Å². The maximum Gasteiger partial charge on any atom is 0.289 e. The normalized spacial score (nSPS) is 18.5. The van der Waals surface area contributed by atoms with E-state index in [4.69, 9.17) is 46.4 Å². The molecule has 0 fully saturated rings. The van der Waals surface area contributed by atoms with Crippen molar-refractivity contribution in [2.75, 3.05) is 5.01 Å². The van der Waals surface area contributed by atoms with E-state index in [1.165, 1.54) is 0 Å². The number of hydrazone groups is 1. The summed E-state index contributed by atoms with van der Waals surface area (Å²) in [6, 6.07) is 4.87. The van der Waals surface area contributed by atoms with Gasteiger partial charge in [0.05, 0.1) is 15.8 Å². The highest BCUT2D eigenvalue weighted by molar-refractivity contribution is 6.70. The molecule has 0 radical (unpaired) electrons. The van der Waals surface area contributed by atoms with Gasteiger partial charge in [0.25, 0.3) is 5.91 Å². The predicted octanol–water partition coefficient (Wildman–Crippen LogP) is 3.89. The van der Waals surface area contributed by atoms with Crippen LogP contribution in [0.3, 0.4) is 0 Å². The lowest BCUT2D eigenvalue weighted by Crippen LogP contribution is -2.35. The number of rotatable bonds is 1. The number of para-hydroxylation sites is 1. The first-order chi connectivity index (χ1) is 7.85. The molecule has 0 atom stereocenters. The van der Waals surface area contributed by atoms with E-state index in [0.717, 1.165) is 5.01 Å². The maximum atomic E-state index is 12.0. The van der Waals surface area contributed by atoms with Crippen molar-refractivity contribution in [3.05, 3.63) is 28.2 Å². The molecule has 2 rings (SSSR count). The van der Waals surface area contributed by atoms with Gasteiger partial charge in [-0.2, -0.15) is 10.1 Å². The molecule has 7 heteroatoms. The Morgan fingerprint density at radius 3 is 2.18 bits per heavy atom. The molecule has 1 aromatic carbocycles. The van der Waals surface area contributed by atoms with Crippen molar-refractivity contribution in [3.8, 4) is 0 Å². The van der Waals surface area contributed by atoms with Crippen molar-refractivity contribution in [1.82, 2.24) is 0 Å². The molecule has 0 unspecified atom stereocenters. The van der Waals surface area contributed by atoms with Crippen LogP contribution in [0.4, 0.5) is 5.69 Å². The lowest BCUT2D eigenvalue weighted by molar-refractivity contribution is -0.117. The summed E-state index contributed by atoms with van der Waals surface area (Å²) in [6.07, 6.45) is 0. The molecule has 1 aliphatic rings. The fourth-order valence-corrected chi connectivity index (χ4v) is 2.18. The first-order valence-corrected chi connectivity index (χ1v) is 6.09. The standard InChI is InChI=1S/C10H6Cl4N2O/c1-5-10(13,14)9(17)16(15-5)8-6(11)3-2-4-7(8)12/h2-4H,1H3. The van der Waals surface area contributed by atoms with Gasteiger partial charge in [0, 0.05) is 0 Å². The Kier molecular flexibility index (Phi) is 3.29. The van der Waals surface area contributed by atoms with Gasteiger partial charge >= 0.3 is 0 Å². The third kappa shape index (κ3) is 2.02. The predicted molar refractivity (Wildman–Crippen MR) is 71.5 cm³/mol. The second-order valence-electron chi connectivity index (χ2n) is 3.45. The maximum absolute atomic E-state index is 12.0. The van der Waals surface area contributed by atoms with Crippen LogP contribution < -0.4 is 5.01 Å². The van der Waals surface area contributed by atoms with Crippen molar-refractivity contribution in [2.45, 2.75) is 11.3 Å². The van der Waals surface area contributed by atoms with Crippen LogP contribution in [-0.2, 0) is 4.79 Å². The highest BCUT2D eigenvalue weighted by Crippen LogP contribution is 2.40. The quantitative estimate of drug-likeness (QED) is 0.724. The van der Waals surface area contributed by atoms with Crippen molar-refractivity contribution < 1.29 is 4.79 Å². The van der Waals surface area contributed by atoms with Gasteiger partial charge in [-0.25, -0.2) is 0 Å². The van der Waals surface area contributed by atoms with Crippen LogP contribution in [0.5, 0.6) is 0 Å². The molecular weight excluding hydrogens is 306 g/mol. The molecule has 0 saturated heterocycles. The van der Waals surface area contributed by atoms with Crippen molar-refractivity contribution >= 4 is 63.7 Å². The van der Waals surface area contributed by atoms with E-state index in [1.807, 2.05) is 0 Å². The summed E-state index contributed by atoms with van der Waals surface area (Å²) in [4.78, 5) is 12.0. The highest BCUT2D eigenvalue weighted by atomic mass is 35.5. The lowest BCUT2D eigenvalue weighted by atomic mass is 10.2. The summed E-state index contributed by atoms with van der Waals surface area (Å²) >= 11 is 23.7. The second kappa shape index (κ2) is 4.32. The number of carbonyl (C=O) groups excluding carboxylic acids is 1. The SMILES string of the molecule is CC1=NN(c2c(Cl)cccc2Cl)C(=O)C1(Cl)Cl. The molecule has 0 spiro atoms. The largest absolute Gasteiger partial charge is 0.289 e. The Morgan fingerprint density at radius 1 is 1.24 bits per heavy atom. The third-order valence-corrected chi connectivity index (χ3v) is 3.80. The van der Waals surface area contributed by atoms with E-state index in [9.17, 15) is 4.79 Å². The summed E-state index contributed by atoms with van der Waals surface area (Å²) in [6.45, 7) is 1.56. The lowest BCUT2D eigenvalue weighted by Gasteiger charge is -2.17. The molecule has 3 nitrogen and oxygen atoms in total. The Balaban J connectivity index is 2.55. The number of nitrogens with zero attached hydrogens (tertiary/aromatic N) is 2. The Morgan fingerprint density at radius 2 is 1.76 bits per heavy atom. The van der Waals surface area contributed by atoms with Crippen LogP contribution in [-0.4, -0.2) is 16.0 Å². The van der Waals surface area contributed by atoms with E-state index in [-0.39, 0.29) is 11.4 Å². The summed E-state index contributed by atoms with van der Waals surface area (Å²) in [7, 11) is 0. The zero-order valence-electron chi connectivity index (χ0n) is 8.55. The Labute approximate surface area is 118 Å². The molecule has 1 heterocycles. The molecule has 0 aromatic heterocycles. The number of alkyl halides is 2. The van der Waals surface area contributed by atoms with Crippen LogP contribution >= 0.6 is 46.4 Å². The Bertz CT molecular complexity index is 507. The summed E-state index contributed by atoms with van der Waals surface area (Å²) < 4.78 is -1.66. The van der Waals surface area contributed by atoms with Crippen molar-refractivity contribution in [1.29, 1.82) is 0 Å². The van der Waals surface area contributed by atoms with Crippen LogP contribution in [0.15, 0.2) is 23.3 Å². The molecule has 17 heavy (non-hydrogen) atoms. The van der Waals surface area contributed by atoms with Gasteiger partial charge < -0.3 is 0 Å². The monoisotopic (exact) mass is 310 g/mol. The minimum Gasteiger partial charge on any atom is -0.269 e. The fraction of sp³-hybridized carbons (Fsp3) is 0.200. The first kappa shape index (κ1) is 13.0. The van der Waals surface area contributed by atoms with Gasteiger partial charge in [-0.3, -0.25) is 4.79 Å². The van der Waals surface area contributed by atoms with E-state index in [2.05, 4.69) is 5.10 Å². The summed E-state index contributed by atoms with van der Waals surface area (Å²) in [5.74, 6) is -0.590. The van der Waals surface area contributed by atoms with Crippen molar-refractivity contribution in [3.63, 3.8) is 0 Å². The van der Waals surface area contributed by atoms with Gasteiger partial charge in [-0.1, -0.05) is 52.5 Å². The van der Waals surface area contributed by atoms with Gasteiger partial charge in [-0.05, 0) is 19.1 Å². The number of hydrogen-bond acceptors (Lipinski definition) is 2. The third-order valence-electron chi connectivity index (χ3n) is 2.31. The van der Waals surface area contributed by atoms with E-state index in [0.29, 0.717) is 10.0 Å². The highest BCUT2D eigenvalue weighted by Gasteiger charge is 2.47. The number of carbonyl (C=O) groups is 1. The fourth-order valence-electron chi connectivity index (χ4n) is 1.39. The molecule has 0 N–H and O–H groups in total. The smallest absolute Gasteiger partial charge is 0.269 e. The first-order valence-electron chi connectivity index (χ1n) is 4.57. The number of hydrogen-bond donors (Lipinski definition) is 0. The van der Waals surface area contributed by atoms with Gasteiger partial charge in [0.1, 0.15) is 5.69 Å². The van der Waals surface area contributed by atoms with E-state index in [1.54, 1.807) is 25.1 Å². The van der Waals surface area contributed by atoms with Crippen LogP contribution in [0.25, 0.3) is 0 Å². The minimum atomic E-state index is -1.66. The minimum absolute atomic E-state index is 0.279. The molecule has 0 saturated carbocycles. The summed E-state index contributed by atoms with van der Waals surface area (Å²) in [5, 5.41) is 5.61. The van der Waals surface area contributed by atoms with Crippen molar-refractivity contribution in [2.24, 2.45) is 5.10 Å². The topological polar surface area (TPSA) is 32.7 Å². The average molecular weight is 312 g/mol. The van der Waals surface area contributed by atoms with E-state index >= 15 is 0 Å². The molecule has 90 valence electrons. The second-order valence-corrected chi connectivity index (χ2v) is 5.59. The van der Waals surface area contributed by atoms with Crippen LogP contribution in [0.1, 0.15) is 6.92 Å². The van der Waals surface area contributed by atoms with Gasteiger partial charge in [-0.15, -0.1) is 0 Å². The zero-order valence-corrected chi connectivity index (χ0v) is 11.6. The molecular formula is C10H6Cl4N2O. The number of benzene rings is 1. The number of anilines is 1.